The fourth-order valence-corrected chi connectivity index (χ4v) is 2.64. The molecule has 0 spiro atoms. The molecule has 0 bridgehead atoms. The van der Waals surface area contributed by atoms with Crippen LogP contribution >= 0.6 is 0 Å². The Morgan fingerprint density at radius 3 is 2.42 bits per heavy atom. The zero-order valence-corrected chi connectivity index (χ0v) is 14.4. The van der Waals surface area contributed by atoms with Crippen molar-refractivity contribution in [2.24, 2.45) is 0 Å². The summed E-state index contributed by atoms with van der Waals surface area (Å²) in [6.07, 6.45) is 0. The van der Waals surface area contributed by atoms with Crippen LogP contribution in [-0.4, -0.2) is 15.7 Å². The lowest BCUT2D eigenvalue weighted by Crippen LogP contribution is -2.33. The number of amides is 1. The van der Waals surface area contributed by atoms with Gasteiger partial charge in [-0.25, -0.2) is 9.07 Å². The van der Waals surface area contributed by atoms with Gasteiger partial charge in [-0.1, -0.05) is 30.3 Å². The molecule has 2 aromatic carbocycles. The number of carbonyl (C=O) groups excluding carboxylic acids is 1. The first-order valence-electron chi connectivity index (χ1n) is 8.18. The monoisotopic (exact) mass is 351 g/mol. The molecule has 0 saturated heterocycles. The van der Waals surface area contributed by atoms with Crippen LogP contribution in [0.2, 0.25) is 0 Å². The molecule has 132 valence electrons. The third-order valence-corrected chi connectivity index (χ3v) is 4.04. The van der Waals surface area contributed by atoms with E-state index < -0.39 is 17.4 Å². The van der Waals surface area contributed by atoms with E-state index in [1.807, 2.05) is 30.3 Å². The summed E-state index contributed by atoms with van der Waals surface area (Å²) in [6.45, 7) is 3.51. The molecule has 1 amide bonds. The zero-order chi connectivity index (χ0) is 18.7. The Morgan fingerprint density at radius 1 is 1.12 bits per heavy atom. The second kappa shape index (κ2) is 7.31. The van der Waals surface area contributed by atoms with Crippen molar-refractivity contribution < 1.29 is 9.18 Å². The van der Waals surface area contributed by atoms with Gasteiger partial charge in [0, 0.05) is 11.8 Å². The number of hydrogen-bond donors (Lipinski definition) is 1. The minimum Gasteiger partial charge on any atom is -0.344 e. The number of hydrogen-bond acceptors (Lipinski definition) is 3. The highest BCUT2D eigenvalue weighted by atomic mass is 19.1. The van der Waals surface area contributed by atoms with Crippen molar-refractivity contribution in [2.45, 2.75) is 19.9 Å². The molecule has 0 fully saturated rings. The number of aromatic nitrogens is 2. The number of benzene rings is 2. The van der Waals surface area contributed by atoms with Crippen LogP contribution in [0.3, 0.4) is 0 Å². The number of para-hydroxylation sites is 1. The Kier molecular flexibility index (Phi) is 4.93. The Hall–Kier alpha value is -3.28. The molecule has 0 aliphatic carbocycles. The predicted octanol–water partition coefficient (Wildman–Crippen LogP) is 3.17. The fourth-order valence-electron chi connectivity index (χ4n) is 2.64. The molecular weight excluding hydrogens is 333 g/mol. The average Bonchev–Trinajstić information content (AvgIpc) is 2.63. The van der Waals surface area contributed by atoms with E-state index in [9.17, 15) is 14.0 Å². The second-order valence-corrected chi connectivity index (χ2v) is 5.99. The first-order valence-corrected chi connectivity index (χ1v) is 8.18. The maximum Gasteiger partial charge on any atom is 0.276 e. The van der Waals surface area contributed by atoms with E-state index >= 15 is 0 Å². The highest BCUT2D eigenvalue weighted by Crippen LogP contribution is 2.13. The van der Waals surface area contributed by atoms with Gasteiger partial charge in [-0.05, 0) is 43.7 Å². The largest absolute Gasteiger partial charge is 0.344 e. The third kappa shape index (κ3) is 3.69. The molecule has 3 rings (SSSR count). The number of aryl methyl sites for hydroxylation is 1. The van der Waals surface area contributed by atoms with Crippen LogP contribution in [-0.2, 0) is 0 Å². The van der Waals surface area contributed by atoms with E-state index in [4.69, 9.17) is 0 Å². The summed E-state index contributed by atoms with van der Waals surface area (Å²) in [6, 6.07) is 16.1. The zero-order valence-electron chi connectivity index (χ0n) is 14.4. The molecule has 1 N–H and O–H groups in total. The molecule has 0 aliphatic rings. The summed E-state index contributed by atoms with van der Waals surface area (Å²) >= 11 is 0. The third-order valence-electron chi connectivity index (χ3n) is 4.04. The van der Waals surface area contributed by atoms with Crippen LogP contribution in [0.1, 0.15) is 34.7 Å². The van der Waals surface area contributed by atoms with E-state index in [-0.39, 0.29) is 11.5 Å². The van der Waals surface area contributed by atoms with Gasteiger partial charge in [-0.15, -0.1) is 0 Å². The van der Waals surface area contributed by atoms with Gasteiger partial charge in [-0.2, -0.15) is 5.10 Å². The average molecular weight is 351 g/mol. The summed E-state index contributed by atoms with van der Waals surface area (Å²) < 4.78 is 14.6. The molecule has 5 nitrogen and oxygen atoms in total. The van der Waals surface area contributed by atoms with Crippen molar-refractivity contribution in [3.63, 3.8) is 0 Å². The molecule has 0 aliphatic heterocycles. The maximum atomic E-state index is 13.0. The minimum absolute atomic E-state index is 0.187. The number of halogens is 1. The molecule has 3 aromatic rings. The van der Waals surface area contributed by atoms with Gasteiger partial charge in [-0.3, -0.25) is 9.59 Å². The Balaban J connectivity index is 1.89. The van der Waals surface area contributed by atoms with Gasteiger partial charge in [0.15, 0.2) is 5.69 Å². The van der Waals surface area contributed by atoms with Gasteiger partial charge in [0.1, 0.15) is 5.82 Å². The number of nitrogens with zero attached hydrogens (tertiary/aromatic N) is 2. The van der Waals surface area contributed by atoms with Crippen molar-refractivity contribution in [3.8, 4) is 5.69 Å². The number of nitrogens with one attached hydrogen (secondary N) is 1. The van der Waals surface area contributed by atoms with Crippen LogP contribution in [0.25, 0.3) is 5.69 Å². The van der Waals surface area contributed by atoms with Crippen molar-refractivity contribution >= 4 is 5.91 Å². The number of carbonyl (C=O) groups is 1. The summed E-state index contributed by atoms with van der Waals surface area (Å²) in [5, 5.41) is 6.97. The Morgan fingerprint density at radius 2 is 1.77 bits per heavy atom. The van der Waals surface area contributed by atoms with E-state index in [2.05, 4.69) is 10.4 Å². The summed E-state index contributed by atoms with van der Waals surface area (Å²) in [5.41, 5.74) is 1.48. The standard InChI is InChI=1S/C20H18FN3O2/c1-13-12-18(25)19(23-24(13)17-6-4-3-5-7-17)20(26)22-14(2)15-8-10-16(21)11-9-15/h3-12,14H,1-2H3,(H,22,26). The summed E-state index contributed by atoms with van der Waals surface area (Å²) in [4.78, 5) is 24.8. The van der Waals surface area contributed by atoms with Gasteiger partial charge >= 0.3 is 0 Å². The highest BCUT2D eigenvalue weighted by Gasteiger charge is 2.18. The van der Waals surface area contributed by atoms with Crippen molar-refractivity contribution in [1.29, 1.82) is 0 Å². The first-order chi connectivity index (χ1) is 12.5. The summed E-state index contributed by atoms with van der Waals surface area (Å²) in [5.74, 6) is -0.922. The normalized spacial score (nSPS) is 11.8. The lowest BCUT2D eigenvalue weighted by Gasteiger charge is -2.15. The SMILES string of the molecule is Cc1cc(=O)c(C(=O)NC(C)c2ccc(F)cc2)nn1-c1ccccc1. The molecule has 1 atom stereocenters. The molecule has 0 radical (unpaired) electrons. The van der Waals surface area contributed by atoms with Crippen LogP contribution in [0.5, 0.6) is 0 Å². The predicted molar refractivity (Wildman–Crippen MR) is 96.9 cm³/mol. The molecule has 1 unspecified atom stereocenters. The topological polar surface area (TPSA) is 64.0 Å². The lowest BCUT2D eigenvalue weighted by molar-refractivity contribution is 0.0932. The van der Waals surface area contributed by atoms with Crippen LogP contribution in [0.15, 0.2) is 65.5 Å². The van der Waals surface area contributed by atoms with Crippen LogP contribution in [0, 0.1) is 12.7 Å². The summed E-state index contributed by atoms with van der Waals surface area (Å²) in [7, 11) is 0. The van der Waals surface area contributed by atoms with E-state index in [1.165, 1.54) is 18.2 Å². The maximum absolute atomic E-state index is 13.0. The fraction of sp³-hybridized carbons (Fsp3) is 0.150. The quantitative estimate of drug-likeness (QED) is 0.785. The molecule has 6 heteroatoms. The van der Waals surface area contributed by atoms with E-state index in [0.29, 0.717) is 5.69 Å². The van der Waals surface area contributed by atoms with Crippen molar-refractivity contribution in [1.82, 2.24) is 15.1 Å². The Bertz CT molecular complexity index is 982. The van der Waals surface area contributed by atoms with Crippen LogP contribution in [0.4, 0.5) is 4.39 Å². The second-order valence-electron chi connectivity index (χ2n) is 5.99. The van der Waals surface area contributed by atoms with Gasteiger partial charge < -0.3 is 5.32 Å². The Labute approximate surface area is 150 Å². The smallest absolute Gasteiger partial charge is 0.276 e. The molecule has 1 heterocycles. The lowest BCUT2D eigenvalue weighted by atomic mass is 10.1. The van der Waals surface area contributed by atoms with Crippen LogP contribution < -0.4 is 10.7 Å². The van der Waals surface area contributed by atoms with E-state index in [0.717, 1.165) is 11.3 Å². The van der Waals surface area contributed by atoms with E-state index in [1.54, 1.807) is 30.7 Å². The molecular formula is C20H18FN3O2. The molecule has 0 saturated carbocycles. The van der Waals surface area contributed by atoms with Crippen molar-refractivity contribution in [2.75, 3.05) is 0 Å². The minimum atomic E-state index is -0.573. The first kappa shape index (κ1) is 17.5. The molecule has 26 heavy (non-hydrogen) atoms. The highest BCUT2D eigenvalue weighted by molar-refractivity contribution is 5.92. The van der Waals surface area contributed by atoms with Crippen molar-refractivity contribution in [3.05, 3.63) is 93.7 Å². The van der Waals surface area contributed by atoms with Gasteiger partial charge in [0.05, 0.1) is 11.7 Å². The molecule has 1 aromatic heterocycles. The van der Waals surface area contributed by atoms with Gasteiger partial charge in [0.2, 0.25) is 5.43 Å². The van der Waals surface area contributed by atoms with Gasteiger partial charge in [0.25, 0.3) is 5.91 Å². The number of rotatable bonds is 4.